The van der Waals surface area contributed by atoms with Gasteiger partial charge < -0.3 is 0 Å². The van der Waals surface area contributed by atoms with Crippen molar-refractivity contribution in [2.45, 2.75) is 38.6 Å². The molecular formula is C10H17N. The highest BCUT2D eigenvalue weighted by Crippen LogP contribution is 2.26. The van der Waals surface area contributed by atoms with Gasteiger partial charge in [0.2, 0.25) is 0 Å². The van der Waals surface area contributed by atoms with Crippen LogP contribution in [0.15, 0.2) is 0 Å². The van der Waals surface area contributed by atoms with Crippen LogP contribution in [0, 0.1) is 12.3 Å². The maximum absolute atomic E-state index is 5.28. The van der Waals surface area contributed by atoms with Crippen LogP contribution in [0.3, 0.4) is 0 Å². The predicted molar refractivity (Wildman–Crippen MR) is 48.3 cm³/mol. The van der Waals surface area contributed by atoms with Crippen molar-refractivity contribution in [3.05, 3.63) is 0 Å². The molecule has 0 aliphatic heterocycles. The zero-order chi connectivity index (χ0) is 8.10. The van der Waals surface area contributed by atoms with Crippen LogP contribution >= 0.6 is 0 Å². The summed E-state index contributed by atoms with van der Waals surface area (Å²) >= 11 is 0. The summed E-state index contributed by atoms with van der Waals surface area (Å²) in [4.78, 5) is 2.43. The molecule has 0 aromatic carbocycles. The Bertz CT molecular complexity index is 141. The quantitative estimate of drug-likeness (QED) is 0.542. The van der Waals surface area contributed by atoms with E-state index in [2.05, 4.69) is 17.7 Å². The molecule has 1 heteroatoms. The highest BCUT2D eigenvalue weighted by atomic mass is 15.2. The third kappa shape index (κ3) is 2.95. The monoisotopic (exact) mass is 151 g/mol. The Labute approximate surface area is 69.8 Å². The topological polar surface area (TPSA) is 3.24 Å². The van der Waals surface area contributed by atoms with Gasteiger partial charge >= 0.3 is 0 Å². The van der Waals surface area contributed by atoms with Gasteiger partial charge in [-0.15, -0.1) is 6.42 Å². The van der Waals surface area contributed by atoms with Gasteiger partial charge in [-0.05, 0) is 25.8 Å². The fraction of sp³-hybridized carbons (Fsp3) is 0.800. The van der Waals surface area contributed by atoms with Gasteiger partial charge in [-0.25, -0.2) is 0 Å². The third-order valence-corrected chi connectivity index (χ3v) is 2.16. The Morgan fingerprint density at radius 1 is 1.55 bits per heavy atom. The SMILES string of the molecule is C#CCN(CCCC)C1CC1. The van der Waals surface area contributed by atoms with Gasteiger partial charge in [0, 0.05) is 6.04 Å². The third-order valence-electron chi connectivity index (χ3n) is 2.16. The van der Waals surface area contributed by atoms with E-state index in [0.29, 0.717) is 0 Å². The summed E-state index contributed by atoms with van der Waals surface area (Å²) in [7, 11) is 0. The second-order valence-corrected chi connectivity index (χ2v) is 3.26. The molecule has 0 amide bonds. The van der Waals surface area contributed by atoms with Gasteiger partial charge in [-0.2, -0.15) is 0 Å². The van der Waals surface area contributed by atoms with Crippen LogP contribution in [0.5, 0.6) is 0 Å². The first-order chi connectivity index (χ1) is 5.38. The summed E-state index contributed by atoms with van der Waals surface area (Å²) in [5.41, 5.74) is 0. The molecule has 0 aromatic rings. The summed E-state index contributed by atoms with van der Waals surface area (Å²) in [6, 6.07) is 0.831. The molecule has 0 saturated heterocycles. The molecule has 1 saturated carbocycles. The van der Waals surface area contributed by atoms with Crippen molar-refractivity contribution in [1.29, 1.82) is 0 Å². The Morgan fingerprint density at radius 3 is 2.73 bits per heavy atom. The van der Waals surface area contributed by atoms with E-state index in [9.17, 15) is 0 Å². The lowest BCUT2D eigenvalue weighted by atomic mass is 10.3. The maximum Gasteiger partial charge on any atom is 0.0601 e. The molecule has 0 atom stereocenters. The molecule has 1 nitrogen and oxygen atoms in total. The van der Waals surface area contributed by atoms with Crippen LogP contribution in [0.1, 0.15) is 32.6 Å². The summed E-state index contributed by atoms with van der Waals surface area (Å²) in [6.45, 7) is 4.27. The van der Waals surface area contributed by atoms with Crippen molar-refractivity contribution in [3.8, 4) is 12.3 Å². The van der Waals surface area contributed by atoms with E-state index in [1.165, 1.54) is 32.2 Å². The van der Waals surface area contributed by atoms with E-state index in [-0.39, 0.29) is 0 Å². The van der Waals surface area contributed by atoms with Crippen LogP contribution in [0.2, 0.25) is 0 Å². The molecule has 0 radical (unpaired) electrons. The number of rotatable bonds is 5. The van der Waals surface area contributed by atoms with Gasteiger partial charge in [-0.3, -0.25) is 4.90 Å². The minimum atomic E-state index is 0.831. The predicted octanol–water partition coefficient (Wildman–Crippen LogP) is 1.88. The lowest BCUT2D eigenvalue weighted by molar-refractivity contribution is 0.291. The number of hydrogen-bond donors (Lipinski definition) is 0. The average molecular weight is 151 g/mol. The van der Waals surface area contributed by atoms with E-state index >= 15 is 0 Å². The van der Waals surface area contributed by atoms with Crippen molar-refractivity contribution < 1.29 is 0 Å². The first-order valence-electron chi connectivity index (χ1n) is 4.56. The zero-order valence-electron chi connectivity index (χ0n) is 7.34. The zero-order valence-corrected chi connectivity index (χ0v) is 7.34. The Hall–Kier alpha value is -0.480. The van der Waals surface area contributed by atoms with E-state index in [1.54, 1.807) is 0 Å². The van der Waals surface area contributed by atoms with E-state index in [1.807, 2.05) is 0 Å². The maximum atomic E-state index is 5.28. The molecule has 1 aliphatic carbocycles. The first-order valence-corrected chi connectivity index (χ1v) is 4.56. The second kappa shape index (κ2) is 4.41. The van der Waals surface area contributed by atoms with E-state index in [4.69, 9.17) is 6.42 Å². The lowest BCUT2D eigenvalue weighted by Gasteiger charge is -2.17. The fourth-order valence-electron chi connectivity index (χ4n) is 1.31. The van der Waals surface area contributed by atoms with Crippen LogP contribution < -0.4 is 0 Å². The van der Waals surface area contributed by atoms with Crippen molar-refractivity contribution >= 4 is 0 Å². The normalized spacial score (nSPS) is 16.8. The van der Waals surface area contributed by atoms with E-state index < -0.39 is 0 Å². The standard InChI is InChI=1S/C10H17N/c1-3-5-9-11(8-4-2)10-6-7-10/h2,10H,3,5-9H2,1H3. The van der Waals surface area contributed by atoms with Crippen LogP contribution in [0.25, 0.3) is 0 Å². The first kappa shape index (κ1) is 8.62. The molecule has 1 aliphatic rings. The van der Waals surface area contributed by atoms with Crippen molar-refractivity contribution in [1.82, 2.24) is 4.90 Å². The van der Waals surface area contributed by atoms with Crippen molar-refractivity contribution in [2.24, 2.45) is 0 Å². The smallest absolute Gasteiger partial charge is 0.0601 e. The number of unbranched alkanes of at least 4 members (excludes halogenated alkanes) is 1. The van der Waals surface area contributed by atoms with Gasteiger partial charge in [0.25, 0.3) is 0 Å². The molecule has 0 spiro atoms. The lowest BCUT2D eigenvalue weighted by Crippen LogP contribution is -2.27. The number of nitrogens with zero attached hydrogens (tertiary/aromatic N) is 1. The second-order valence-electron chi connectivity index (χ2n) is 3.26. The summed E-state index contributed by atoms with van der Waals surface area (Å²) in [5.74, 6) is 2.72. The van der Waals surface area contributed by atoms with Crippen LogP contribution in [0.4, 0.5) is 0 Å². The number of hydrogen-bond acceptors (Lipinski definition) is 1. The molecule has 11 heavy (non-hydrogen) atoms. The minimum absolute atomic E-state index is 0.831. The number of terminal acetylenes is 1. The van der Waals surface area contributed by atoms with Crippen LogP contribution in [-0.2, 0) is 0 Å². The van der Waals surface area contributed by atoms with Crippen molar-refractivity contribution in [3.63, 3.8) is 0 Å². The summed E-state index contributed by atoms with van der Waals surface area (Å²) in [5, 5.41) is 0. The highest BCUT2D eigenvalue weighted by Gasteiger charge is 2.27. The fourth-order valence-corrected chi connectivity index (χ4v) is 1.31. The highest BCUT2D eigenvalue weighted by molar-refractivity contribution is 4.94. The molecule has 0 bridgehead atoms. The molecule has 0 heterocycles. The van der Waals surface area contributed by atoms with Crippen molar-refractivity contribution in [2.75, 3.05) is 13.1 Å². The Kier molecular flexibility index (Phi) is 3.45. The Balaban J connectivity index is 2.16. The molecular weight excluding hydrogens is 134 g/mol. The molecule has 0 N–H and O–H groups in total. The molecule has 62 valence electrons. The van der Waals surface area contributed by atoms with Gasteiger partial charge in [-0.1, -0.05) is 19.3 Å². The molecule has 0 aromatic heterocycles. The largest absolute Gasteiger partial charge is 0.289 e. The summed E-state index contributed by atoms with van der Waals surface area (Å²) in [6.07, 6.45) is 10.6. The summed E-state index contributed by atoms with van der Waals surface area (Å²) < 4.78 is 0. The van der Waals surface area contributed by atoms with Crippen LogP contribution in [-0.4, -0.2) is 24.0 Å². The molecule has 1 fully saturated rings. The molecule has 0 unspecified atom stereocenters. The average Bonchev–Trinajstić information content (AvgIpc) is 2.80. The Morgan fingerprint density at radius 2 is 2.27 bits per heavy atom. The van der Waals surface area contributed by atoms with Gasteiger partial charge in [0.1, 0.15) is 0 Å². The molecule has 1 rings (SSSR count). The van der Waals surface area contributed by atoms with Gasteiger partial charge in [0.15, 0.2) is 0 Å². The van der Waals surface area contributed by atoms with Gasteiger partial charge in [0.05, 0.1) is 6.54 Å². The van der Waals surface area contributed by atoms with E-state index in [0.717, 1.165) is 12.6 Å². The minimum Gasteiger partial charge on any atom is -0.289 e.